The molecule has 19 heavy (non-hydrogen) atoms. The molecule has 0 bridgehead atoms. The third-order valence-electron chi connectivity index (χ3n) is 2.76. The minimum atomic E-state index is 0.678. The summed E-state index contributed by atoms with van der Waals surface area (Å²) < 4.78 is 5.71. The lowest BCUT2D eigenvalue weighted by atomic mass is 10.2. The molecule has 4 heteroatoms. The minimum Gasteiger partial charge on any atom is -0.493 e. The molecular formula is C15H20N2OS. The molecule has 0 aliphatic rings. The first kappa shape index (κ1) is 14.0. The third-order valence-corrected chi connectivity index (χ3v) is 3.72. The van der Waals surface area contributed by atoms with Gasteiger partial charge in [0.1, 0.15) is 5.75 Å². The van der Waals surface area contributed by atoms with Crippen LogP contribution < -0.4 is 10.1 Å². The van der Waals surface area contributed by atoms with Gasteiger partial charge in [0, 0.05) is 18.3 Å². The van der Waals surface area contributed by atoms with Gasteiger partial charge < -0.3 is 10.1 Å². The standard InChI is InChI=1S/C15H20N2OS/c1-3-16-10-13-11-19-15(17-13)8-9-18-14-6-4-12(2)5-7-14/h4-7,11,16H,3,8-10H2,1-2H3. The number of thiazole rings is 1. The Bertz CT molecular complexity index is 493. The Morgan fingerprint density at radius 2 is 2.05 bits per heavy atom. The lowest BCUT2D eigenvalue weighted by Crippen LogP contribution is -2.12. The Balaban J connectivity index is 1.76. The Kier molecular flexibility index (Phi) is 5.36. The summed E-state index contributed by atoms with van der Waals surface area (Å²) in [6, 6.07) is 8.14. The number of hydrogen-bond donors (Lipinski definition) is 1. The van der Waals surface area contributed by atoms with Crippen molar-refractivity contribution in [3.05, 3.63) is 45.9 Å². The second kappa shape index (κ2) is 7.26. The maximum absolute atomic E-state index is 5.71. The van der Waals surface area contributed by atoms with Gasteiger partial charge in [-0.3, -0.25) is 0 Å². The van der Waals surface area contributed by atoms with Crippen LogP contribution in [0.15, 0.2) is 29.6 Å². The second-order valence-corrected chi connectivity index (χ2v) is 5.37. The number of aromatic nitrogens is 1. The molecule has 102 valence electrons. The van der Waals surface area contributed by atoms with E-state index in [4.69, 9.17) is 4.74 Å². The van der Waals surface area contributed by atoms with Crippen LogP contribution in [0.25, 0.3) is 0 Å². The Hall–Kier alpha value is -1.39. The lowest BCUT2D eigenvalue weighted by Gasteiger charge is -2.04. The third kappa shape index (κ3) is 4.65. The van der Waals surface area contributed by atoms with Gasteiger partial charge in [-0.2, -0.15) is 0 Å². The molecule has 0 saturated heterocycles. The van der Waals surface area contributed by atoms with E-state index in [9.17, 15) is 0 Å². The van der Waals surface area contributed by atoms with Gasteiger partial charge in [-0.05, 0) is 25.6 Å². The molecule has 1 aromatic heterocycles. The summed E-state index contributed by atoms with van der Waals surface area (Å²) in [5.74, 6) is 0.926. The highest BCUT2D eigenvalue weighted by atomic mass is 32.1. The van der Waals surface area contributed by atoms with E-state index in [1.165, 1.54) is 5.56 Å². The molecule has 0 aliphatic heterocycles. The van der Waals surface area contributed by atoms with Crippen molar-refractivity contribution in [2.24, 2.45) is 0 Å². The number of aryl methyl sites for hydroxylation is 1. The summed E-state index contributed by atoms with van der Waals surface area (Å²) in [5, 5.41) is 6.53. The summed E-state index contributed by atoms with van der Waals surface area (Å²) >= 11 is 1.71. The van der Waals surface area contributed by atoms with Crippen LogP contribution in [0.3, 0.4) is 0 Å². The van der Waals surface area contributed by atoms with Crippen molar-refractivity contribution < 1.29 is 4.74 Å². The molecule has 0 radical (unpaired) electrons. The molecule has 0 saturated carbocycles. The first-order valence-electron chi connectivity index (χ1n) is 6.61. The van der Waals surface area contributed by atoms with Gasteiger partial charge in [-0.15, -0.1) is 11.3 Å². The van der Waals surface area contributed by atoms with Gasteiger partial charge in [0.2, 0.25) is 0 Å². The predicted molar refractivity (Wildman–Crippen MR) is 79.9 cm³/mol. The maximum atomic E-state index is 5.71. The van der Waals surface area contributed by atoms with Crippen molar-refractivity contribution >= 4 is 11.3 Å². The monoisotopic (exact) mass is 276 g/mol. The van der Waals surface area contributed by atoms with E-state index in [2.05, 4.69) is 41.7 Å². The second-order valence-electron chi connectivity index (χ2n) is 4.42. The van der Waals surface area contributed by atoms with Crippen molar-refractivity contribution in [2.45, 2.75) is 26.8 Å². The maximum Gasteiger partial charge on any atom is 0.119 e. The molecule has 1 N–H and O–H groups in total. The number of nitrogens with one attached hydrogen (secondary N) is 1. The summed E-state index contributed by atoms with van der Waals surface area (Å²) in [6.45, 7) is 6.68. The molecule has 1 heterocycles. The van der Waals surface area contributed by atoms with Crippen molar-refractivity contribution in [2.75, 3.05) is 13.2 Å². The SMILES string of the molecule is CCNCc1csc(CCOc2ccc(C)cc2)n1. The topological polar surface area (TPSA) is 34.1 Å². The van der Waals surface area contributed by atoms with Crippen LogP contribution in [0.5, 0.6) is 5.75 Å². The van der Waals surface area contributed by atoms with Gasteiger partial charge in [-0.1, -0.05) is 24.6 Å². The summed E-state index contributed by atoms with van der Waals surface area (Å²) in [6.07, 6.45) is 0.866. The molecule has 0 spiro atoms. The largest absolute Gasteiger partial charge is 0.493 e. The average molecular weight is 276 g/mol. The first-order chi connectivity index (χ1) is 9.28. The van der Waals surface area contributed by atoms with E-state index in [-0.39, 0.29) is 0 Å². The molecule has 0 fully saturated rings. The van der Waals surface area contributed by atoms with E-state index < -0.39 is 0 Å². The molecule has 2 aromatic rings. The quantitative estimate of drug-likeness (QED) is 0.843. The fourth-order valence-electron chi connectivity index (χ4n) is 1.69. The minimum absolute atomic E-state index is 0.678. The molecular weight excluding hydrogens is 256 g/mol. The molecule has 0 aliphatic carbocycles. The molecule has 1 aromatic carbocycles. The number of nitrogens with zero attached hydrogens (tertiary/aromatic N) is 1. The van der Waals surface area contributed by atoms with Crippen LogP contribution >= 0.6 is 11.3 Å². The van der Waals surface area contributed by atoms with Crippen LogP contribution in [0.1, 0.15) is 23.2 Å². The van der Waals surface area contributed by atoms with Crippen molar-refractivity contribution in [3.63, 3.8) is 0 Å². The van der Waals surface area contributed by atoms with E-state index in [1.54, 1.807) is 11.3 Å². The van der Waals surface area contributed by atoms with Crippen molar-refractivity contribution in [1.82, 2.24) is 10.3 Å². The van der Waals surface area contributed by atoms with Gasteiger partial charge in [-0.25, -0.2) is 4.98 Å². The molecule has 3 nitrogen and oxygen atoms in total. The van der Waals surface area contributed by atoms with Gasteiger partial charge in [0.05, 0.1) is 17.3 Å². The lowest BCUT2D eigenvalue weighted by molar-refractivity contribution is 0.321. The van der Waals surface area contributed by atoms with Crippen LogP contribution in [0.4, 0.5) is 0 Å². The van der Waals surface area contributed by atoms with Gasteiger partial charge in [0.15, 0.2) is 0 Å². The summed E-state index contributed by atoms with van der Waals surface area (Å²) in [5.41, 5.74) is 2.37. The van der Waals surface area contributed by atoms with Crippen LogP contribution in [-0.2, 0) is 13.0 Å². The Morgan fingerprint density at radius 3 is 2.79 bits per heavy atom. The van der Waals surface area contributed by atoms with E-state index >= 15 is 0 Å². The molecule has 2 rings (SSSR count). The zero-order valence-corrected chi connectivity index (χ0v) is 12.3. The highest BCUT2D eigenvalue weighted by molar-refractivity contribution is 7.09. The number of hydrogen-bond acceptors (Lipinski definition) is 4. The van der Waals surface area contributed by atoms with Crippen molar-refractivity contribution in [1.29, 1.82) is 0 Å². The number of benzene rings is 1. The first-order valence-corrected chi connectivity index (χ1v) is 7.49. The van der Waals surface area contributed by atoms with Crippen LogP contribution in [0, 0.1) is 6.92 Å². The van der Waals surface area contributed by atoms with Crippen LogP contribution in [-0.4, -0.2) is 18.1 Å². The summed E-state index contributed by atoms with van der Waals surface area (Å²) in [4.78, 5) is 4.57. The fourth-order valence-corrected chi connectivity index (χ4v) is 2.47. The highest BCUT2D eigenvalue weighted by Gasteiger charge is 2.02. The number of rotatable bonds is 7. The predicted octanol–water partition coefficient (Wildman–Crippen LogP) is 3.18. The van der Waals surface area contributed by atoms with Gasteiger partial charge >= 0.3 is 0 Å². The molecule has 0 unspecified atom stereocenters. The molecule has 0 amide bonds. The number of ether oxygens (including phenoxy) is 1. The highest BCUT2D eigenvalue weighted by Crippen LogP contribution is 2.14. The zero-order chi connectivity index (χ0) is 13.5. The van der Waals surface area contributed by atoms with Crippen molar-refractivity contribution in [3.8, 4) is 5.75 Å². The van der Waals surface area contributed by atoms with Gasteiger partial charge in [0.25, 0.3) is 0 Å². The fraction of sp³-hybridized carbons (Fsp3) is 0.400. The zero-order valence-electron chi connectivity index (χ0n) is 11.5. The molecule has 0 atom stereocenters. The van der Waals surface area contributed by atoms with E-state index in [0.29, 0.717) is 6.61 Å². The summed E-state index contributed by atoms with van der Waals surface area (Å²) in [7, 11) is 0. The Labute approximate surface area is 118 Å². The average Bonchev–Trinajstić information content (AvgIpc) is 2.87. The van der Waals surface area contributed by atoms with E-state index in [0.717, 1.165) is 36.0 Å². The van der Waals surface area contributed by atoms with Crippen LogP contribution in [0.2, 0.25) is 0 Å². The van der Waals surface area contributed by atoms with E-state index in [1.807, 2.05) is 12.1 Å². The smallest absolute Gasteiger partial charge is 0.119 e. The Morgan fingerprint density at radius 1 is 1.26 bits per heavy atom. The normalized spacial score (nSPS) is 10.6.